The third-order valence-corrected chi connectivity index (χ3v) is 7.37. The van der Waals surface area contributed by atoms with Crippen molar-refractivity contribution in [1.82, 2.24) is 4.90 Å². The Labute approximate surface area is 205 Å². The number of amides is 2. The molecular formula is C28H28N4OS. The van der Waals surface area contributed by atoms with Gasteiger partial charge in [-0.3, -0.25) is 4.99 Å². The van der Waals surface area contributed by atoms with Crippen LogP contribution in [-0.4, -0.2) is 40.4 Å². The van der Waals surface area contributed by atoms with E-state index in [-0.39, 0.29) is 6.03 Å². The first-order valence-electron chi connectivity index (χ1n) is 11.7. The molecule has 0 unspecified atom stereocenters. The highest BCUT2D eigenvalue weighted by molar-refractivity contribution is 8.15. The quantitative estimate of drug-likeness (QED) is 0.499. The van der Waals surface area contributed by atoms with Crippen molar-refractivity contribution in [2.45, 2.75) is 31.2 Å². The normalized spacial score (nSPS) is 16.8. The fraction of sp³-hybridized carbons (Fsp3) is 0.250. The van der Waals surface area contributed by atoms with Gasteiger partial charge in [0, 0.05) is 42.9 Å². The van der Waals surface area contributed by atoms with Crippen LogP contribution >= 0.6 is 11.8 Å². The number of para-hydroxylation sites is 1. The van der Waals surface area contributed by atoms with Gasteiger partial charge >= 0.3 is 6.03 Å². The molecule has 5 nitrogen and oxygen atoms in total. The zero-order valence-electron chi connectivity index (χ0n) is 19.3. The lowest BCUT2D eigenvalue weighted by Gasteiger charge is -2.35. The number of nitrogens with zero attached hydrogens (tertiary/aromatic N) is 3. The lowest BCUT2D eigenvalue weighted by atomic mass is 9.98. The number of benzene rings is 3. The monoisotopic (exact) mass is 468 g/mol. The molecule has 3 aromatic rings. The van der Waals surface area contributed by atoms with Gasteiger partial charge in [-0.05, 0) is 24.1 Å². The maximum atomic E-state index is 12.9. The van der Waals surface area contributed by atoms with Crippen molar-refractivity contribution in [3.8, 4) is 0 Å². The van der Waals surface area contributed by atoms with Gasteiger partial charge in [0.25, 0.3) is 0 Å². The summed E-state index contributed by atoms with van der Waals surface area (Å²) in [6.07, 6.45) is 1.44. The Kier molecular flexibility index (Phi) is 6.50. The smallest absolute Gasteiger partial charge is 0.321 e. The number of nitrogens with one attached hydrogen (secondary N) is 1. The molecule has 1 fully saturated rings. The molecule has 1 spiro atoms. The Morgan fingerprint density at radius 1 is 0.912 bits per heavy atom. The number of aryl methyl sites for hydroxylation is 1. The third-order valence-electron chi connectivity index (χ3n) is 6.34. The van der Waals surface area contributed by atoms with Crippen LogP contribution in [0.4, 0.5) is 10.5 Å². The molecule has 0 radical (unpaired) electrons. The van der Waals surface area contributed by atoms with E-state index in [9.17, 15) is 4.79 Å². The van der Waals surface area contributed by atoms with Gasteiger partial charge in [0.15, 0.2) is 5.66 Å². The summed E-state index contributed by atoms with van der Waals surface area (Å²) in [4.78, 5) is 25.1. The number of carbonyl (C=O) groups is 1. The van der Waals surface area contributed by atoms with Crippen LogP contribution in [-0.2, 0) is 5.75 Å². The Balaban J connectivity index is 1.31. The molecule has 1 saturated heterocycles. The standard InChI is InChI=1S/C28H28N4OS/c1-21-10-8-9-15-24(21)29-27(33)32-18-16-28(17-19-32)30-25(23-13-6-3-7-14-23)26(31-28)34-20-22-11-4-2-5-12-22/h2-15H,16-20H2,1H3,(H,29,33). The predicted molar refractivity (Wildman–Crippen MR) is 142 cm³/mol. The zero-order valence-corrected chi connectivity index (χ0v) is 20.1. The van der Waals surface area contributed by atoms with E-state index < -0.39 is 5.66 Å². The van der Waals surface area contributed by atoms with Crippen LogP contribution < -0.4 is 5.32 Å². The molecule has 0 bridgehead atoms. The van der Waals surface area contributed by atoms with E-state index in [1.165, 1.54) is 5.56 Å². The van der Waals surface area contributed by atoms with Crippen LogP contribution in [0, 0.1) is 6.92 Å². The van der Waals surface area contributed by atoms with Crippen LogP contribution in [0.15, 0.2) is 94.9 Å². The third kappa shape index (κ3) is 4.92. The van der Waals surface area contributed by atoms with Gasteiger partial charge in [-0.15, -0.1) is 0 Å². The minimum Gasteiger partial charge on any atom is -0.324 e. The van der Waals surface area contributed by atoms with E-state index >= 15 is 0 Å². The lowest BCUT2D eigenvalue weighted by molar-refractivity contribution is 0.175. The van der Waals surface area contributed by atoms with Crippen LogP contribution in [0.5, 0.6) is 0 Å². The average Bonchev–Trinajstić information content (AvgIpc) is 3.23. The highest BCUT2D eigenvalue weighted by Gasteiger charge is 2.40. The first kappa shape index (κ1) is 22.4. The molecular weight excluding hydrogens is 440 g/mol. The van der Waals surface area contributed by atoms with E-state index in [0.29, 0.717) is 13.1 Å². The molecule has 3 aromatic carbocycles. The number of hydrogen-bond acceptors (Lipinski definition) is 4. The van der Waals surface area contributed by atoms with Crippen LogP contribution in [0.3, 0.4) is 0 Å². The van der Waals surface area contributed by atoms with Crippen molar-refractivity contribution in [2.75, 3.05) is 18.4 Å². The number of rotatable bonds is 4. The summed E-state index contributed by atoms with van der Waals surface area (Å²) in [5.74, 6) is 0.854. The van der Waals surface area contributed by atoms with Gasteiger partial charge in [-0.25, -0.2) is 9.79 Å². The zero-order chi connectivity index (χ0) is 23.4. The van der Waals surface area contributed by atoms with E-state index in [1.807, 2.05) is 60.4 Å². The molecule has 0 aliphatic carbocycles. The first-order valence-corrected chi connectivity index (χ1v) is 12.6. The van der Waals surface area contributed by atoms with Crippen molar-refractivity contribution < 1.29 is 4.79 Å². The molecule has 0 atom stereocenters. The SMILES string of the molecule is Cc1ccccc1NC(=O)N1CCC2(CC1)N=C(SCc1ccccc1)C(c1ccccc1)=N2. The topological polar surface area (TPSA) is 57.1 Å². The van der Waals surface area contributed by atoms with Crippen LogP contribution in [0.25, 0.3) is 0 Å². The first-order chi connectivity index (χ1) is 16.6. The lowest BCUT2D eigenvalue weighted by Crippen LogP contribution is -2.46. The Morgan fingerprint density at radius 3 is 2.26 bits per heavy atom. The number of urea groups is 1. The Hall–Kier alpha value is -3.38. The van der Waals surface area contributed by atoms with Gasteiger partial charge in [0.05, 0.1) is 5.71 Å². The molecule has 1 N–H and O–H groups in total. The fourth-order valence-corrected chi connectivity index (χ4v) is 5.36. The number of carbonyl (C=O) groups excluding carboxylic acids is 1. The summed E-state index contributed by atoms with van der Waals surface area (Å²) in [5, 5.41) is 4.05. The molecule has 5 rings (SSSR count). The fourth-order valence-electron chi connectivity index (χ4n) is 4.33. The summed E-state index contributed by atoms with van der Waals surface area (Å²) < 4.78 is 0. The minimum absolute atomic E-state index is 0.0583. The van der Waals surface area contributed by atoms with Crippen LogP contribution in [0.1, 0.15) is 29.5 Å². The molecule has 2 heterocycles. The van der Waals surface area contributed by atoms with Crippen molar-refractivity contribution in [3.05, 3.63) is 102 Å². The second-order valence-electron chi connectivity index (χ2n) is 8.73. The molecule has 2 aliphatic rings. The maximum Gasteiger partial charge on any atom is 0.321 e. The van der Waals surface area contributed by atoms with Gasteiger partial charge in [0.1, 0.15) is 5.04 Å². The summed E-state index contributed by atoms with van der Waals surface area (Å²) in [7, 11) is 0. The van der Waals surface area contributed by atoms with Gasteiger partial charge in [-0.1, -0.05) is 90.6 Å². The van der Waals surface area contributed by atoms with E-state index in [0.717, 1.165) is 46.2 Å². The van der Waals surface area contributed by atoms with E-state index in [2.05, 4.69) is 41.7 Å². The average molecular weight is 469 g/mol. The molecule has 0 aromatic heterocycles. The van der Waals surface area contributed by atoms with Crippen molar-refractivity contribution in [3.63, 3.8) is 0 Å². The number of aliphatic imine (C=N–C) groups is 2. The molecule has 0 saturated carbocycles. The van der Waals surface area contributed by atoms with Crippen LogP contribution in [0.2, 0.25) is 0 Å². The second-order valence-corrected chi connectivity index (χ2v) is 9.70. The maximum absolute atomic E-state index is 12.9. The van der Waals surface area contributed by atoms with E-state index in [4.69, 9.17) is 9.98 Å². The summed E-state index contributed by atoms with van der Waals surface area (Å²) in [6, 6.07) is 28.6. The minimum atomic E-state index is -0.483. The molecule has 2 amide bonds. The highest BCUT2D eigenvalue weighted by atomic mass is 32.2. The predicted octanol–water partition coefficient (Wildman–Crippen LogP) is 6.15. The Bertz CT molecular complexity index is 1220. The number of piperidine rings is 1. The number of hydrogen-bond donors (Lipinski definition) is 1. The van der Waals surface area contributed by atoms with Gasteiger partial charge in [0.2, 0.25) is 0 Å². The summed E-state index contributed by atoms with van der Waals surface area (Å²) in [5.41, 5.74) is 4.77. The van der Waals surface area contributed by atoms with E-state index in [1.54, 1.807) is 11.8 Å². The van der Waals surface area contributed by atoms with Crippen molar-refractivity contribution >= 4 is 34.2 Å². The second kappa shape index (κ2) is 9.85. The summed E-state index contributed by atoms with van der Waals surface area (Å²) in [6.45, 7) is 3.26. The van der Waals surface area contributed by atoms with Gasteiger partial charge < -0.3 is 10.2 Å². The molecule has 34 heavy (non-hydrogen) atoms. The molecule has 6 heteroatoms. The number of likely N-dealkylation sites (tertiary alicyclic amines) is 1. The van der Waals surface area contributed by atoms with Crippen molar-refractivity contribution in [1.29, 1.82) is 0 Å². The number of thioether (sulfide) groups is 1. The largest absolute Gasteiger partial charge is 0.324 e. The highest BCUT2D eigenvalue weighted by Crippen LogP contribution is 2.36. The summed E-state index contributed by atoms with van der Waals surface area (Å²) >= 11 is 1.74. The van der Waals surface area contributed by atoms with Crippen molar-refractivity contribution in [2.24, 2.45) is 9.98 Å². The Morgan fingerprint density at radius 2 is 1.56 bits per heavy atom. The molecule has 172 valence electrons. The molecule has 2 aliphatic heterocycles. The number of anilines is 1. The van der Waals surface area contributed by atoms with Gasteiger partial charge in [-0.2, -0.15) is 0 Å².